The lowest BCUT2D eigenvalue weighted by Crippen LogP contribution is -2.11. The van der Waals surface area contributed by atoms with Crippen LogP contribution in [0.15, 0.2) is 47.3 Å². The molecule has 0 atom stereocenters. The number of nitrogens with zero attached hydrogens (tertiary/aromatic N) is 1. The summed E-state index contributed by atoms with van der Waals surface area (Å²) < 4.78 is 0. The van der Waals surface area contributed by atoms with Gasteiger partial charge in [0.15, 0.2) is 0 Å². The Hall–Kier alpha value is -1.97. The van der Waals surface area contributed by atoms with Crippen molar-refractivity contribution in [1.29, 1.82) is 0 Å². The molecular formula is C17H14Cl2N2O. The highest BCUT2D eigenvalue weighted by atomic mass is 35.5. The zero-order chi connectivity index (χ0) is 15.9. The molecule has 1 N–H and O–H groups in total. The second-order valence-corrected chi connectivity index (χ2v) is 6.15. The second-order valence-electron chi connectivity index (χ2n) is 5.30. The number of rotatable bonds is 2. The normalized spacial score (nSPS) is 10.9. The summed E-state index contributed by atoms with van der Waals surface area (Å²) in [5, 5.41) is 1.95. The van der Waals surface area contributed by atoms with Gasteiger partial charge in [-0.2, -0.15) is 0 Å². The Balaban J connectivity index is 2.21. The largest absolute Gasteiger partial charge is 0.378 e. The Kier molecular flexibility index (Phi) is 3.85. The number of fused-ring (bicyclic) bond motifs is 1. The van der Waals surface area contributed by atoms with Gasteiger partial charge in [0.05, 0.1) is 10.5 Å². The smallest absolute Gasteiger partial charge is 0.256 e. The molecule has 0 fully saturated rings. The van der Waals surface area contributed by atoms with E-state index in [9.17, 15) is 4.79 Å². The number of anilines is 1. The third-order valence-corrected chi connectivity index (χ3v) is 4.12. The predicted molar refractivity (Wildman–Crippen MR) is 94.4 cm³/mol. The highest BCUT2D eigenvalue weighted by Crippen LogP contribution is 2.30. The van der Waals surface area contributed by atoms with Gasteiger partial charge < -0.3 is 9.88 Å². The van der Waals surface area contributed by atoms with E-state index in [1.165, 1.54) is 0 Å². The lowest BCUT2D eigenvalue weighted by atomic mass is 10.0. The molecule has 0 saturated heterocycles. The minimum absolute atomic E-state index is 0.173. The van der Waals surface area contributed by atoms with Gasteiger partial charge in [0, 0.05) is 35.9 Å². The first-order valence-electron chi connectivity index (χ1n) is 6.75. The monoisotopic (exact) mass is 332 g/mol. The summed E-state index contributed by atoms with van der Waals surface area (Å²) in [6, 6.07) is 12.9. The molecule has 0 aliphatic carbocycles. The first-order valence-corrected chi connectivity index (χ1v) is 7.51. The minimum Gasteiger partial charge on any atom is -0.378 e. The van der Waals surface area contributed by atoms with Crippen molar-refractivity contribution in [2.24, 2.45) is 0 Å². The summed E-state index contributed by atoms with van der Waals surface area (Å²) in [6.07, 6.45) is 0. The van der Waals surface area contributed by atoms with Crippen LogP contribution in [0.3, 0.4) is 0 Å². The van der Waals surface area contributed by atoms with E-state index < -0.39 is 0 Å². The molecule has 3 nitrogen and oxygen atoms in total. The zero-order valence-corrected chi connectivity index (χ0v) is 13.7. The molecule has 0 amide bonds. The number of aromatic nitrogens is 1. The number of hydrogen-bond acceptors (Lipinski definition) is 2. The first kappa shape index (κ1) is 14.9. The van der Waals surface area contributed by atoms with Crippen LogP contribution in [-0.2, 0) is 0 Å². The Morgan fingerprint density at radius 2 is 1.73 bits per heavy atom. The van der Waals surface area contributed by atoms with Crippen LogP contribution in [0.5, 0.6) is 0 Å². The Morgan fingerprint density at radius 1 is 0.955 bits per heavy atom. The molecule has 0 radical (unpaired) electrons. The van der Waals surface area contributed by atoms with Crippen LogP contribution in [0.1, 0.15) is 0 Å². The van der Waals surface area contributed by atoms with Crippen LogP contribution in [0.2, 0.25) is 10.0 Å². The summed E-state index contributed by atoms with van der Waals surface area (Å²) in [7, 11) is 3.92. The molecule has 0 spiro atoms. The molecule has 0 bridgehead atoms. The standard InChI is InChI=1S/C17H14Cl2N2O/c1-21(2)12-5-3-10-7-14(17(22)20-16(10)9-12)13-6-4-11(18)8-15(13)19/h3-9H,1-2H3,(H,20,22). The van der Waals surface area contributed by atoms with Gasteiger partial charge in [-0.15, -0.1) is 0 Å². The molecule has 3 aromatic rings. The summed E-state index contributed by atoms with van der Waals surface area (Å²) >= 11 is 12.1. The average molecular weight is 333 g/mol. The molecule has 0 aliphatic rings. The van der Waals surface area contributed by atoms with E-state index in [2.05, 4.69) is 4.98 Å². The van der Waals surface area contributed by atoms with Crippen molar-refractivity contribution in [1.82, 2.24) is 4.98 Å². The van der Waals surface area contributed by atoms with Crippen molar-refractivity contribution < 1.29 is 0 Å². The molecule has 22 heavy (non-hydrogen) atoms. The van der Waals surface area contributed by atoms with Crippen molar-refractivity contribution in [3.05, 3.63) is 62.9 Å². The van der Waals surface area contributed by atoms with E-state index in [1.807, 2.05) is 43.3 Å². The SMILES string of the molecule is CN(C)c1ccc2cc(-c3ccc(Cl)cc3Cl)c(=O)[nH]c2c1. The van der Waals surface area contributed by atoms with Gasteiger partial charge in [-0.3, -0.25) is 4.79 Å². The fraction of sp³-hybridized carbons (Fsp3) is 0.118. The Bertz CT molecular complexity index is 916. The highest BCUT2D eigenvalue weighted by Gasteiger charge is 2.10. The van der Waals surface area contributed by atoms with Gasteiger partial charge in [0.2, 0.25) is 0 Å². The molecule has 1 heterocycles. The fourth-order valence-electron chi connectivity index (χ4n) is 2.38. The van der Waals surface area contributed by atoms with E-state index in [0.29, 0.717) is 21.2 Å². The summed E-state index contributed by atoms with van der Waals surface area (Å²) in [5.74, 6) is 0. The molecule has 3 rings (SSSR count). The summed E-state index contributed by atoms with van der Waals surface area (Å²) in [6.45, 7) is 0. The number of aromatic amines is 1. The molecular weight excluding hydrogens is 319 g/mol. The number of benzene rings is 2. The lowest BCUT2D eigenvalue weighted by molar-refractivity contribution is 1.13. The van der Waals surface area contributed by atoms with Crippen molar-refractivity contribution >= 4 is 39.8 Å². The van der Waals surface area contributed by atoms with E-state index in [0.717, 1.165) is 16.6 Å². The highest BCUT2D eigenvalue weighted by molar-refractivity contribution is 6.36. The first-order chi connectivity index (χ1) is 10.5. The molecule has 0 saturated carbocycles. The summed E-state index contributed by atoms with van der Waals surface area (Å²) in [5.41, 5.74) is 2.86. The maximum absolute atomic E-state index is 12.4. The van der Waals surface area contributed by atoms with E-state index >= 15 is 0 Å². The molecule has 0 aliphatic heterocycles. The van der Waals surface area contributed by atoms with Crippen LogP contribution in [0.25, 0.3) is 22.0 Å². The van der Waals surface area contributed by atoms with Crippen molar-refractivity contribution in [3.8, 4) is 11.1 Å². The van der Waals surface area contributed by atoms with Crippen LogP contribution in [-0.4, -0.2) is 19.1 Å². The third kappa shape index (κ3) is 2.70. The van der Waals surface area contributed by atoms with Gasteiger partial charge >= 0.3 is 0 Å². The molecule has 2 aromatic carbocycles. The molecule has 0 unspecified atom stereocenters. The maximum Gasteiger partial charge on any atom is 0.256 e. The van der Waals surface area contributed by atoms with Crippen LogP contribution in [0, 0.1) is 0 Å². The van der Waals surface area contributed by atoms with Crippen molar-refractivity contribution in [2.45, 2.75) is 0 Å². The van der Waals surface area contributed by atoms with Crippen LogP contribution < -0.4 is 10.5 Å². The number of hydrogen-bond donors (Lipinski definition) is 1. The van der Waals surface area contributed by atoms with E-state index in [1.54, 1.807) is 18.2 Å². The molecule has 5 heteroatoms. The number of H-pyrrole nitrogens is 1. The zero-order valence-electron chi connectivity index (χ0n) is 12.2. The van der Waals surface area contributed by atoms with E-state index in [-0.39, 0.29) is 5.56 Å². The fourth-order valence-corrected chi connectivity index (χ4v) is 2.89. The molecule has 112 valence electrons. The third-order valence-electron chi connectivity index (χ3n) is 3.57. The predicted octanol–water partition coefficient (Wildman–Crippen LogP) is 4.57. The number of halogens is 2. The van der Waals surface area contributed by atoms with Gasteiger partial charge in [-0.25, -0.2) is 0 Å². The van der Waals surface area contributed by atoms with Gasteiger partial charge in [-0.1, -0.05) is 35.3 Å². The number of pyridine rings is 1. The number of nitrogens with one attached hydrogen (secondary N) is 1. The Labute approximate surface area is 138 Å². The van der Waals surface area contributed by atoms with Crippen molar-refractivity contribution in [2.75, 3.05) is 19.0 Å². The summed E-state index contributed by atoms with van der Waals surface area (Å²) in [4.78, 5) is 17.3. The van der Waals surface area contributed by atoms with Crippen LogP contribution in [0.4, 0.5) is 5.69 Å². The quantitative estimate of drug-likeness (QED) is 0.746. The maximum atomic E-state index is 12.4. The van der Waals surface area contributed by atoms with Gasteiger partial charge in [0.25, 0.3) is 5.56 Å². The topological polar surface area (TPSA) is 36.1 Å². The molecule has 1 aromatic heterocycles. The van der Waals surface area contributed by atoms with Crippen molar-refractivity contribution in [3.63, 3.8) is 0 Å². The minimum atomic E-state index is -0.173. The second kappa shape index (κ2) is 5.67. The lowest BCUT2D eigenvalue weighted by Gasteiger charge is -2.13. The average Bonchev–Trinajstić information content (AvgIpc) is 2.46. The van der Waals surface area contributed by atoms with Gasteiger partial charge in [0.1, 0.15) is 0 Å². The van der Waals surface area contributed by atoms with Gasteiger partial charge in [-0.05, 0) is 35.7 Å². The Morgan fingerprint density at radius 3 is 2.41 bits per heavy atom. The van der Waals surface area contributed by atoms with Crippen LogP contribution >= 0.6 is 23.2 Å². The van der Waals surface area contributed by atoms with E-state index in [4.69, 9.17) is 23.2 Å².